The van der Waals surface area contributed by atoms with Gasteiger partial charge in [-0.3, -0.25) is 4.99 Å². The van der Waals surface area contributed by atoms with Crippen molar-refractivity contribution in [1.29, 1.82) is 0 Å². The van der Waals surface area contributed by atoms with Crippen LogP contribution >= 0.6 is 24.0 Å². The maximum absolute atomic E-state index is 5.23. The molecule has 1 aliphatic rings. The zero-order chi connectivity index (χ0) is 14.4. The quantitative estimate of drug-likeness (QED) is 0.352. The van der Waals surface area contributed by atoms with Crippen LogP contribution in [0.1, 0.15) is 12.5 Å². The molecule has 1 unspecified atom stereocenters. The fraction of sp³-hybridized carbons (Fsp3) is 0.438. The molecule has 0 bridgehead atoms. The molecule has 2 rings (SSSR count). The molecule has 0 fully saturated rings. The van der Waals surface area contributed by atoms with Gasteiger partial charge >= 0.3 is 0 Å². The number of anilines is 1. The zero-order valence-electron chi connectivity index (χ0n) is 12.6. The van der Waals surface area contributed by atoms with Gasteiger partial charge in [-0.25, -0.2) is 0 Å². The van der Waals surface area contributed by atoms with E-state index >= 15 is 0 Å². The number of nitrogens with zero attached hydrogens (tertiary/aromatic N) is 2. The number of para-hydroxylation sites is 1. The molecular formula is C16H23IN4. The molecule has 0 amide bonds. The Hall–Kier alpha value is -1.42. The third-order valence-corrected chi connectivity index (χ3v) is 3.58. The SMILES string of the molecule is C#CCNC(=NC)NCCN1c2ccccc2CC1C.I. The molecule has 1 heterocycles. The molecule has 4 nitrogen and oxygen atoms in total. The summed E-state index contributed by atoms with van der Waals surface area (Å²) in [7, 11) is 1.75. The Bertz CT molecular complexity index is 521. The molecule has 0 saturated heterocycles. The highest BCUT2D eigenvalue weighted by Gasteiger charge is 2.24. The molecule has 21 heavy (non-hydrogen) atoms. The second-order valence-electron chi connectivity index (χ2n) is 4.93. The highest BCUT2D eigenvalue weighted by atomic mass is 127. The van der Waals surface area contributed by atoms with Gasteiger partial charge in [0.2, 0.25) is 0 Å². The fourth-order valence-corrected chi connectivity index (χ4v) is 2.62. The highest BCUT2D eigenvalue weighted by Crippen LogP contribution is 2.30. The number of hydrogen-bond donors (Lipinski definition) is 2. The van der Waals surface area contributed by atoms with Gasteiger partial charge in [0.05, 0.1) is 6.54 Å². The molecule has 0 aliphatic carbocycles. The average Bonchev–Trinajstić information content (AvgIpc) is 2.78. The van der Waals surface area contributed by atoms with E-state index in [9.17, 15) is 0 Å². The predicted octanol–water partition coefficient (Wildman–Crippen LogP) is 1.85. The summed E-state index contributed by atoms with van der Waals surface area (Å²) >= 11 is 0. The van der Waals surface area contributed by atoms with Crippen molar-refractivity contribution in [2.75, 3.05) is 31.6 Å². The van der Waals surface area contributed by atoms with E-state index in [2.05, 4.69) is 57.6 Å². The summed E-state index contributed by atoms with van der Waals surface area (Å²) in [6.07, 6.45) is 6.35. The first kappa shape index (κ1) is 17.6. The summed E-state index contributed by atoms with van der Waals surface area (Å²) in [4.78, 5) is 6.57. The Balaban J connectivity index is 0.00000220. The number of nitrogens with one attached hydrogen (secondary N) is 2. The van der Waals surface area contributed by atoms with Crippen molar-refractivity contribution in [3.63, 3.8) is 0 Å². The van der Waals surface area contributed by atoms with Crippen LogP contribution in [-0.2, 0) is 6.42 Å². The Morgan fingerprint density at radius 1 is 1.43 bits per heavy atom. The summed E-state index contributed by atoms with van der Waals surface area (Å²) < 4.78 is 0. The summed E-state index contributed by atoms with van der Waals surface area (Å²) in [5, 5.41) is 6.34. The van der Waals surface area contributed by atoms with Crippen molar-refractivity contribution in [2.24, 2.45) is 4.99 Å². The van der Waals surface area contributed by atoms with Gasteiger partial charge in [-0.15, -0.1) is 30.4 Å². The van der Waals surface area contributed by atoms with Crippen molar-refractivity contribution in [3.05, 3.63) is 29.8 Å². The van der Waals surface area contributed by atoms with Gasteiger partial charge < -0.3 is 15.5 Å². The maximum Gasteiger partial charge on any atom is 0.191 e. The number of terminal acetylenes is 1. The van der Waals surface area contributed by atoms with Gasteiger partial charge in [0, 0.05) is 31.9 Å². The molecule has 1 atom stereocenters. The first-order chi connectivity index (χ1) is 9.76. The molecule has 5 heteroatoms. The lowest BCUT2D eigenvalue weighted by Crippen LogP contribution is -2.42. The Kier molecular flexibility index (Phi) is 7.37. The number of benzene rings is 1. The molecule has 1 aromatic rings. The number of aliphatic imine (C=N–C) groups is 1. The van der Waals surface area contributed by atoms with E-state index < -0.39 is 0 Å². The summed E-state index contributed by atoms with van der Waals surface area (Å²) in [5.41, 5.74) is 2.79. The predicted molar refractivity (Wildman–Crippen MR) is 101 cm³/mol. The van der Waals surface area contributed by atoms with Crippen molar-refractivity contribution >= 4 is 35.6 Å². The normalized spacial score (nSPS) is 16.7. The minimum atomic E-state index is 0. The van der Waals surface area contributed by atoms with Crippen LogP contribution in [0.5, 0.6) is 0 Å². The molecule has 0 aromatic heterocycles. The van der Waals surface area contributed by atoms with Crippen LogP contribution in [0.4, 0.5) is 5.69 Å². The first-order valence-corrected chi connectivity index (χ1v) is 6.98. The smallest absolute Gasteiger partial charge is 0.191 e. The minimum absolute atomic E-state index is 0. The lowest BCUT2D eigenvalue weighted by Gasteiger charge is -2.25. The van der Waals surface area contributed by atoms with Crippen molar-refractivity contribution < 1.29 is 0 Å². The van der Waals surface area contributed by atoms with Gasteiger partial charge in [-0.05, 0) is 25.0 Å². The lowest BCUT2D eigenvalue weighted by atomic mass is 10.1. The molecular weight excluding hydrogens is 375 g/mol. The topological polar surface area (TPSA) is 39.7 Å². The van der Waals surface area contributed by atoms with Gasteiger partial charge in [0.25, 0.3) is 0 Å². The van der Waals surface area contributed by atoms with Crippen molar-refractivity contribution in [2.45, 2.75) is 19.4 Å². The van der Waals surface area contributed by atoms with E-state index in [1.165, 1.54) is 11.3 Å². The Morgan fingerprint density at radius 3 is 2.90 bits per heavy atom. The van der Waals surface area contributed by atoms with Crippen LogP contribution in [0.15, 0.2) is 29.3 Å². The third-order valence-electron chi connectivity index (χ3n) is 3.58. The van der Waals surface area contributed by atoms with Crippen molar-refractivity contribution in [1.82, 2.24) is 10.6 Å². The summed E-state index contributed by atoms with van der Waals surface area (Å²) in [6.45, 7) is 4.55. The van der Waals surface area contributed by atoms with E-state index in [-0.39, 0.29) is 24.0 Å². The second-order valence-corrected chi connectivity index (χ2v) is 4.93. The summed E-state index contributed by atoms with van der Waals surface area (Å²) in [5.74, 6) is 3.29. The average molecular weight is 398 g/mol. The second kappa shape index (κ2) is 8.78. The standard InChI is InChI=1S/C16H22N4.HI/c1-4-9-18-16(17-3)19-10-11-20-13(2)12-14-7-5-6-8-15(14)20;/h1,5-8,13H,9-12H2,2-3H3,(H2,17,18,19);1H. The molecule has 1 aromatic carbocycles. The van der Waals surface area contributed by atoms with E-state index in [0.29, 0.717) is 12.6 Å². The van der Waals surface area contributed by atoms with Gasteiger partial charge in [-0.2, -0.15) is 0 Å². The van der Waals surface area contributed by atoms with Crippen LogP contribution in [0.2, 0.25) is 0 Å². The fourth-order valence-electron chi connectivity index (χ4n) is 2.62. The van der Waals surface area contributed by atoms with Crippen LogP contribution in [-0.4, -0.2) is 38.7 Å². The monoisotopic (exact) mass is 398 g/mol. The van der Waals surface area contributed by atoms with Crippen LogP contribution in [0.25, 0.3) is 0 Å². The molecule has 0 saturated carbocycles. The summed E-state index contributed by atoms with van der Waals surface area (Å²) in [6, 6.07) is 9.18. The Labute approximate surface area is 144 Å². The van der Waals surface area contributed by atoms with Crippen LogP contribution in [0.3, 0.4) is 0 Å². The van der Waals surface area contributed by atoms with E-state index in [4.69, 9.17) is 6.42 Å². The number of fused-ring (bicyclic) bond motifs is 1. The first-order valence-electron chi connectivity index (χ1n) is 6.98. The van der Waals surface area contributed by atoms with E-state index in [1.807, 2.05) is 0 Å². The minimum Gasteiger partial charge on any atom is -0.367 e. The number of hydrogen-bond acceptors (Lipinski definition) is 2. The highest BCUT2D eigenvalue weighted by molar-refractivity contribution is 14.0. The van der Waals surface area contributed by atoms with Gasteiger partial charge in [0.15, 0.2) is 5.96 Å². The van der Waals surface area contributed by atoms with Crippen LogP contribution < -0.4 is 15.5 Å². The van der Waals surface area contributed by atoms with Crippen molar-refractivity contribution in [3.8, 4) is 12.3 Å². The maximum atomic E-state index is 5.23. The number of halogens is 1. The van der Waals surface area contributed by atoms with E-state index in [0.717, 1.165) is 25.5 Å². The molecule has 0 radical (unpaired) electrons. The molecule has 1 aliphatic heterocycles. The zero-order valence-corrected chi connectivity index (χ0v) is 14.9. The molecule has 0 spiro atoms. The number of rotatable bonds is 4. The van der Waals surface area contributed by atoms with E-state index in [1.54, 1.807) is 7.05 Å². The lowest BCUT2D eigenvalue weighted by molar-refractivity contribution is 0.658. The molecule has 114 valence electrons. The van der Waals surface area contributed by atoms with Gasteiger partial charge in [-0.1, -0.05) is 24.1 Å². The number of guanidine groups is 1. The Morgan fingerprint density at radius 2 is 2.19 bits per heavy atom. The third kappa shape index (κ3) is 4.53. The largest absolute Gasteiger partial charge is 0.367 e. The van der Waals surface area contributed by atoms with Crippen LogP contribution in [0, 0.1) is 12.3 Å². The van der Waals surface area contributed by atoms with Gasteiger partial charge in [0.1, 0.15) is 0 Å². The molecule has 2 N–H and O–H groups in total.